The number of rotatable bonds is 3. The van der Waals surface area contributed by atoms with Gasteiger partial charge in [0, 0.05) is 24.8 Å². The molecule has 1 unspecified atom stereocenters. The number of ether oxygens (including phenoxy) is 2. The van der Waals surface area contributed by atoms with E-state index < -0.39 is 0 Å². The van der Waals surface area contributed by atoms with Gasteiger partial charge in [0.25, 0.3) is 5.89 Å². The van der Waals surface area contributed by atoms with Crippen molar-refractivity contribution in [3.8, 4) is 17.3 Å². The second-order valence-corrected chi connectivity index (χ2v) is 4.10. The minimum Gasteiger partial charge on any atom is -0.497 e. The fourth-order valence-corrected chi connectivity index (χ4v) is 1.90. The highest BCUT2D eigenvalue weighted by Crippen LogP contribution is 2.25. The number of pyridine rings is 1. The first-order valence-electron chi connectivity index (χ1n) is 5.78. The molecule has 3 heterocycles. The summed E-state index contributed by atoms with van der Waals surface area (Å²) in [5, 5.41) is 3.98. The standard InChI is InChI=1S/C12H13N3O3/c1-16-9-2-4-13-10(6-9)12-14-11(15-18-12)8-3-5-17-7-8/h2,4,6,8H,3,5,7H2,1H3. The largest absolute Gasteiger partial charge is 0.497 e. The number of aromatic nitrogens is 3. The van der Waals surface area contributed by atoms with E-state index in [1.165, 1.54) is 0 Å². The zero-order valence-corrected chi connectivity index (χ0v) is 10.00. The Bertz CT molecular complexity index is 535. The smallest absolute Gasteiger partial charge is 0.276 e. The van der Waals surface area contributed by atoms with Crippen LogP contribution in [-0.2, 0) is 4.74 Å². The van der Waals surface area contributed by atoms with Crippen molar-refractivity contribution in [1.82, 2.24) is 15.1 Å². The molecule has 18 heavy (non-hydrogen) atoms. The molecular weight excluding hydrogens is 234 g/mol. The molecule has 0 N–H and O–H groups in total. The van der Waals surface area contributed by atoms with Crippen molar-refractivity contribution < 1.29 is 14.0 Å². The molecule has 0 saturated carbocycles. The van der Waals surface area contributed by atoms with E-state index >= 15 is 0 Å². The maximum absolute atomic E-state index is 5.31. The Hall–Kier alpha value is -1.95. The van der Waals surface area contributed by atoms with Crippen molar-refractivity contribution in [2.24, 2.45) is 0 Å². The molecule has 94 valence electrons. The summed E-state index contributed by atoms with van der Waals surface area (Å²) in [5.41, 5.74) is 0.618. The van der Waals surface area contributed by atoms with E-state index in [9.17, 15) is 0 Å². The lowest BCUT2D eigenvalue weighted by atomic mass is 10.1. The van der Waals surface area contributed by atoms with Crippen LogP contribution >= 0.6 is 0 Å². The van der Waals surface area contributed by atoms with E-state index in [1.54, 1.807) is 25.4 Å². The van der Waals surface area contributed by atoms with Gasteiger partial charge in [-0.25, -0.2) is 0 Å². The molecule has 3 rings (SSSR count). The van der Waals surface area contributed by atoms with E-state index in [0.717, 1.165) is 13.0 Å². The fourth-order valence-electron chi connectivity index (χ4n) is 1.90. The third-order valence-electron chi connectivity index (χ3n) is 2.92. The van der Waals surface area contributed by atoms with E-state index in [0.29, 0.717) is 29.8 Å². The zero-order chi connectivity index (χ0) is 12.4. The molecule has 0 spiro atoms. The third-order valence-corrected chi connectivity index (χ3v) is 2.92. The van der Waals surface area contributed by atoms with Crippen LogP contribution in [-0.4, -0.2) is 35.4 Å². The van der Waals surface area contributed by atoms with Gasteiger partial charge in [-0.1, -0.05) is 5.16 Å². The first-order valence-corrected chi connectivity index (χ1v) is 5.78. The van der Waals surface area contributed by atoms with E-state index in [4.69, 9.17) is 14.0 Å². The van der Waals surface area contributed by atoms with Crippen molar-refractivity contribution >= 4 is 0 Å². The highest BCUT2D eigenvalue weighted by Gasteiger charge is 2.23. The van der Waals surface area contributed by atoms with E-state index in [1.807, 2.05) is 0 Å². The molecule has 1 atom stereocenters. The summed E-state index contributed by atoms with van der Waals surface area (Å²) in [4.78, 5) is 8.55. The van der Waals surface area contributed by atoms with Crippen LogP contribution in [0.3, 0.4) is 0 Å². The van der Waals surface area contributed by atoms with Crippen LogP contribution in [0.25, 0.3) is 11.6 Å². The Balaban J connectivity index is 1.87. The predicted molar refractivity (Wildman–Crippen MR) is 62.3 cm³/mol. The Kier molecular flexibility index (Phi) is 2.93. The second-order valence-electron chi connectivity index (χ2n) is 4.10. The molecule has 6 heteroatoms. The lowest BCUT2D eigenvalue weighted by Crippen LogP contribution is -1.99. The maximum Gasteiger partial charge on any atom is 0.276 e. The quantitative estimate of drug-likeness (QED) is 0.821. The fraction of sp³-hybridized carbons (Fsp3) is 0.417. The van der Waals surface area contributed by atoms with Crippen molar-refractivity contribution in [3.63, 3.8) is 0 Å². The maximum atomic E-state index is 5.31. The minimum atomic E-state index is 0.230. The minimum absolute atomic E-state index is 0.230. The van der Waals surface area contributed by atoms with Crippen LogP contribution in [0.5, 0.6) is 5.75 Å². The molecule has 0 bridgehead atoms. The molecule has 1 aliphatic rings. The van der Waals surface area contributed by atoms with Gasteiger partial charge in [-0.05, 0) is 12.5 Å². The summed E-state index contributed by atoms with van der Waals surface area (Å²) >= 11 is 0. The summed E-state index contributed by atoms with van der Waals surface area (Å²) in [6, 6.07) is 3.54. The highest BCUT2D eigenvalue weighted by molar-refractivity contribution is 5.49. The molecular formula is C12H13N3O3. The van der Waals surface area contributed by atoms with Crippen LogP contribution in [0, 0.1) is 0 Å². The zero-order valence-electron chi connectivity index (χ0n) is 10.00. The van der Waals surface area contributed by atoms with Gasteiger partial charge in [-0.2, -0.15) is 4.98 Å². The monoisotopic (exact) mass is 247 g/mol. The molecule has 1 saturated heterocycles. The lowest BCUT2D eigenvalue weighted by Gasteiger charge is -1.99. The van der Waals surface area contributed by atoms with Crippen molar-refractivity contribution in [3.05, 3.63) is 24.2 Å². The molecule has 2 aromatic heterocycles. The van der Waals surface area contributed by atoms with Crippen LogP contribution < -0.4 is 4.74 Å². The normalized spacial score (nSPS) is 19.1. The van der Waals surface area contributed by atoms with Crippen LogP contribution in [0.4, 0.5) is 0 Å². The Labute approximate surface area is 104 Å². The summed E-state index contributed by atoms with van der Waals surface area (Å²) < 4.78 is 15.7. The highest BCUT2D eigenvalue weighted by atomic mass is 16.5. The molecule has 0 amide bonds. The Morgan fingerprint density at radius 2 is 2.39 bits per heavy atom. The average Bonchev–Trinajstić information content (AvgIpc) is 3.09. The topological polar surface area (TPSA) is 70.3 Å². The van der Waals surface area contributed by atoms with Gasteiger partial charge in [0.1, 0.15) is 11.4 Å². The molecule has 0 aromatic carbocycles. The number of hydrogen-bond donors (Lipinski definition) is 0. The molecule has 1 fully saturated rings. The van der Waals surface area contributed by atoms with Gasteiger partial charge in [-0.3, -0.25) is 4.98 Å². The Morgan fingerprint density at radius 3 is 3.17 bits per heavy atom. The van der Waals surface area contributed by atoms with Gasteiger partial charge in [0.05, 0.1) is 13.7 Å². The molecule has 0 aliphatic carbocycles. The van der Waals surface area contributed by atoms with Gasteiger partial charge in [0.15, 0.2) is 5.82 Å². The van der Waals surface area contributed by atoms with Crippen LogP contribution in [0.1, 0.15) is 18.2 Å². The second kappa shape index (κ2) is 4.73. The lowest BCUT2D eigenvalue weighted by molar-refractivity contribution is 0.192. The predicted octanol–water partition coefficient (Wildman–Crippen LogP) is 1.64. The number of methoxy groups -OCH3 is 1. The van der Waals surface area contributed by atoms with Gasteiger partial charge < -0.3 is 14.0 Å². The summed E-state index contributed by atoms with van der Waals surface area (Å²) in [6.45, 7) is 1.41. The Morgan fingerprint density at radius 1 is 1.44 bits per heavy atom. The number of hydrogen-bond acceptors (Lipinski definition) is 6. The van der Waals surface area contributed by atoms with Crippen LogP contribution in [0.2, 0.25) is 0 Å². The molecule has 6 nitrogen and oxygen atoms in total. The van der Waals surface area contributed by atoms with Crippen molar-refractivity contribution in [2.75, 3.05) is 20.3 Å². The van der Waals surface area contributed by atoms with Crippen LogP contribution in [0.15, 0.2) is 22.9 Å². The van der Waals surface area contributed by atoms with Gasteiger partial charge in [0.2, 0.25) is 0 Å². The number of nitrogens with zero attached hydrogens (tertiary/aromatic N) is 3. The van der Waals surface area contributed by atoms with Crippen molar-refractivity contribution in [1.29, 1.82) is 0 Å². The third kappa shape index (κ3) is 2.06. The summed E-state index contributed by atoms with van der Waals surface area (Å²) in [6.07, 6.45) is 2.58. The van der Waals surface area contributed by atoms with E-state index in [-0.39, 0.29) is 5.92 Å². The van der Waals surface area contributed by atoms with Gasteiger partial charge >= 0.3 is 0 Å². The summed E-state index contributed by atoms with van der Waals surface area (Å²) in [5.74, 6) is 2.04. The van der Waals surface area contributed by atoms with E-state index in [2.05, 4.69) is 15.1 Å². The first-order chi connectivity index (χ1) is 8.86. The average molecular weight is 247 g/mol. The SMILES string of the molecule is COc1ccnc(-c2nc(C3CCOC3)no2)c1. The molecule has 2 aromatic rings. The van der Waals surface area contributed by atoms with Crippen molar-refractivity contribution in [2.45, 2.75) is 12.3 Å². The summed E-state index contributed by atoms with van der Waals surface area (Å²) in [7, 11) is 1.61. The first kappa shape index (κ1) is 11.2. The molecule has 0 radical (unpaired) electrons. The van der Waals surface area contributed by atoms with Gasteiger partial charge in [-0.15, -0.1) is 0 Å². The molecule has 1 aliphatic heterocycles.